The minimum atomic E-state index is -4.49. The minimum absolute atomic E-state index is 0.0355. The van der Waals surface area contributed by atoms with Crippen LogP contribution in [0.5, 0.6) is 0 Å². The number of rotatable bonds is 2. The molecule has 0 radical (unpaired) electrons. The summed E-state index contributed by atoms with van der Waals surface area (Å²) in [4.78, 5) is 13.0. The molecule has 0 bridgehead atoms. The summed E-state index contributed by atoms with van der Waals surface area (Å²) in [5, 5.41) is 1.65. The molecule has 0 atom stereocenters. The van der Waals surface area contributed by atoms with Gasteiger partial charge in [0.15, 0.2) is 5.78 Å². The molecule has 1 aromatic carbocycles. The van der Waals surface area contributed by atoms with Gasteiger partial charge in [0.05, 0.1) is 5.56 Å². The summed E-state index contributed by atoms with van der Waals surface area (Å²) in [5.74, 6) is -0.401. The number of hydrogen-bond donors (Lipinski definition) is 0. The van der Waals surface area contributed by atoms with Crippen molar-refractivity contribution in [1.29, 1.82) is 0 Å². The van der Waals surface area contributed by atoms with Crippen LogP contribution in [0.3, 0.4) is 0 Å². The van der Waals surface area contributed by atoms with E-state index in [-0.39, 0.29) is 10.0 Å². The molecule has 1 heterocycles. The molecular formula is C13H8BrF3OS. The summed E-state index contributed by atoms with van der Waals surface area (Å²) >= 11 is 4.23. The zero-order chi connectivity index (χ0) is 14.2. The first-order valence-electron chi connectivity index (χ1n) is 5.25. The number of alkyl halides is 3. The van der Waals surface area contributed by atoms with E-state index in [1.54, 1.807) is 11.4 Å². The van der Waals surface area contributed by atoms with Crippen LogP contribution in [0.15, 0.2) is 34.1 Å². The summed E-state index contributed by atoms with van der Waals surface area (Å²) in [7, 11) is 0. The molecule has 2 rings (SSSR count). The lowest BCUT2D eigenvalue weighted by Gasteiger charge is -2.10. The number of hydrogen-bond acceptors (Lipinski definition) is 2. The van der Waals surface area contributed by atoms with Gasteiger partial charge < -0.3 is 0 Å². The predicted octanol–water partition coefficient (Wildman–Crippen LogP) is 5.07. The van der Waals surface area contributed by atoms with Crippen LogP contribution in [0.25, 0.3) is 0 Å². The number of carbonyl (C=O) groups excluding carboxylic acids is 1. The predicted molar refractivity (Wildman–Crippen MR) is 71.6 cm³/mol. The Kier molecular flexibility index (Phi) is 3.82. The van der Waals surface area contributed by atoms with Gasteiger partial charge in [-0.2, -0.15) is 13.2 Å². The van der Waals surface area contributed by atoms with Gasteiger partial charge in [-0.3, -0.25) is 4.79 Å². The number of carbonyl (C=O) groups is 1. The van der Waals surface area contributed by atoms with Crippen LogP contribution in [-0.4, -0.2) is 5.78 Å². The fourth-order valence-electron chi connectivity index (χ4n) is 1.61. The lowest BCUT2D eigenvalue weighted by molar-refractivity contribution is -0.138. The van der Waals surface area contributed by atoms with Crippen molar-refractivity contribution in [3.63, 3.8) is 0 Å². The van der Waals surface area contributed by atoms with Gasteiger partial charge in [-0.1, -0.05) is 15.9 Å². The van der Waals surface area contributed by atoms with Crippen molar-refractivity contribution in [2.45, 2.75) is 13.1 Å². The number of benzene rings is 1. The molecule has 0 saturated heterocycles. The highest BCUT2D eigenvalue weighted by atomic mass is 79.9. The van der Waals surface area contributed by atoms with E-state index in [0.717, 1.165) is 10.9 Å². The summed E-state index contributed by atoms with van der Waals surface area (Å²) in [6.07, 6.45) is -4.49. The molecule has 0 aliphatic carbocycles. The lowest BCUT2D eigenvalue weighted by Crippen LogP contribution is -2.09. The third kappa shape index (κ3) is 3.06. The van der Waals surface area contributed by atoms with Crippen molar-refractivity contribution in [3.05, 3.63) is 55.7 Å². The normalized spacial score (nSPS) is 11.6. The SMILES string of the molecule is Cc1cc(C(=O)c2ccc(Br)c(C(F)(F)F)c2)cs1. The number of halogens is 4. The summed E-state index contributed by atoms with van der Waals surface area (Å²) in [5.41, 5.74) is -0.392. The van der Waals surface area contributed by atoms with Gasteiger partial charge in [0.1, 0.15) is 0 Å². The fourth-order valence-corrected chi connectivity index (χ4v) is 2.77. The Hall–Kier alpha value is -1.14. The summed E-state index contributed by atoms with van der Waals surface area (Å²) in [6, 6.07) is 5.17. The Morgan fingerprint density at radius 1 is 1.21 bits per heavy atom. The molecule has 0 amide bonds. The maximum Gasteiger partial charge on any atom is 0.417 e. The molecule has 1 nitrogen and oxygen atoms in total. The highest BCUT2D eigenvalue weighted by Crippen LogP contribution is 2.35. The second-order valence-electron chi connectivity index (χ2n) is 3.97. The molecule has 0 aliphatic rings. The van der Waals surface area contributed by atoms with E-state index in [4.69, 9.17) is 0 Å². The zero-order valence-corrected chi connectivity index (χ0v) is 12.1. The minimum Gasteiger partial charge on any atom is -0.289 e. The average Bonchev–Trinajstić information content (AvgIpc) is 2.74. The van der Waals surface area contributed by atoms with E-state index in [9.17, 15) is 18.0 Å². The first-order chi connectivity index (χ1) is 8.79. The third-order valence-electron chi connectivity index (χ3n) is 2.53. The van der Waals surface area contributed by atoms with Gasteiger partial charge in [-0.05, 0) is 31.2 Å². The highest BCUT2D eigenvalue weighted by Gasteiger charge is 2.33. The van der Waals surface area contributed by atoms with Gasteiger partial charge >= 0.3 is 6.18 Å². The maximum atomic E-state index is 12.8. The van der Waals surface area contributed by atoms with Gasteiger partial charge in [0, 0.05) is 25.9 Å². The van der Waals surface area contributed by atoms with Crippen molar-refractivity contribution in [2.24, 2.45) is 0 Å². The summed E-state index contributed by atoms with van der Waals surface area (Å²) < 4.78 is 38.2. The molecule has 0 aliphatic heterocycles. The smallest absolute Gasteiger partial charge is 0.289 e. The van der Waals surface area contributed by atoms with E-state index >= 15 is 0 Å². The maximum absolute atomic E-state index is 12.8. The van der Waals surface area contributed by atoms with Crippen molar-refractivity contribution in [3.8, 4) is 0 Å². The number of thiophene rings is 1. The van der Waals surface area contributed by atoms with Crippen LogP contribution in [-0.2, 0) is 6.18 Å². The first-order valence-corrected chi connectivity index (χ1v) is 6.93. The van der Waals surface area contributed by atoms with Crippen LogP contribution in [0.1, 0.15) is 26.4 Å². The van der Waals surface area contributed by atoms with E-state index in [1.165, 1.54) is 23.5 Å². The average molecular weight is 349 g/mol. The highest BCUT2D eigenvalue weighted by molar-refractivity contribution is 9.10. The Morgan fingerprint density at radius 3 is 2.42 bits per heavy atom. The quantitative estimate of drug-likeness (QED) is 0.692. The Bertz CT molecular complexity index is 631. The van der Waals surface area contributed by atoms with Gasteiger partial charge in [0.2, 0.25) is 0 Å². The Balaban J connectivity index is 2.44. The molecule has 0 saturated carbocycles. The summed E-state index contributed by atoms with van der Waals surface area (Å²) in [6.45, 7) is 1.84. The second kappa shape index (κ2) is 5.09. The largest absolute Gasteiger partial charge is 0.417 e. The molecule has 19 heavy (non-hydrogen) atoms. The standard InChI is InChI=1S/C13H8BrF3OS/c1-7-4-9(6-19-7)12(18)8-2-3-11(14)10(5-8)13(15,16)17/h2-6H,1H3. The van der Waals surface area contributed by atoms with E-state index < -0.39 is 17.5 Å². The van der Waals surface area contributed by atoms with Gasteiger partial charge in [-0.15, -0.1) is 11.3 Å². The lowest BCUT2D eigenvalue weighted by atomic mass is 10.0. The van der Waals surface area contributed by atoms with Crippen LogP contribution >= 0.6 is 27.3 Å². The van der Waals surface area contributed by atoms with Gasteiger partial charge in [0.25, 0.3) is 0 Å². The van der Waals surface area contributed by atoms with Crippen LogP contribution in [0.2, 0.25) is 0 Å². The molecule has 1 aromatic heterocycles. The van der Waals surface area contributed by atoms with Crippen molar-refractivity contribution >= 4 is 33.0 Å². The molecule has 0 N–H and O–H groups in total. The Morgan fingerprint density at radius 2 is 1.89 bits per heavy atom. The van der Waals surface area contributed by atoms with E-state index in [2.05, 4.69) is 15.9 Å². The van der Waals surface area contributed by atoms with Crippen LogP contribution in [0, 0.1) is 6.92 Å². The van der Waals surface area contributed by atoms with Crippen molar-refractivity contribution in [2.75, 3.05) is 0 Å². The second-order valence-corrected chi connectivity index (χ2v) is 5.94. The molecule has 2 aromatic rings. The van der Waals surface area contributed by atoms with Crippen LogP contribution in [0.4, 0.5) is 13.2 Å². The topological polar surface area (TPSA) is 17.1 Å². The molecule has 100 valence electrons. The molecule has 0 unspecified atom stereocenters. The third-order valence-corrected chi connectivity index (χ3v) is 4.08. The molecule has 0 fully saturated rings. The van der Waals surface area contributed by atoms with E-state index in [1.807, 2.05) is 6.92 Å². The van der Waals surface area contributed by atoms with Gasteiger partial charge in [-0.25, -0.2) is 0 Å². The molecular weight excluding hydrogens is 341 g/mol. The zero-order valence-electron chi connectivity index (χ0n) is 9.72. The number of aryl methyl sites for hydroxylation is 1. The number of ketones is 1. The van der Waals surface area contributed by atoms with Crippen molar-refractivity contribution < 1.29 is 18.0 Å². The Labute approximate surface area is 120 Å². The first kappa shape index (κ1) is 14.3. The monoisotopic (exact) mass is 348 g/mol. The molecule has 6 heteroatoms. The van der Waals surface area contributed by atoms with Crippen molar-refractivity contribution in [1.82, 2.24) is 0 Å². The molecule has 0 spiro atoms. The fraction of sp³-hybridized carbons (Fsp3) is 0.154. The van der Waals surface area contributed by atoms with Crippen LogP contribution < -0.4 is 0 Å². The van der Waals surface area contributed by atoms with E-state index in [0.29, 0.717) is 5.56 Å².